The van der Waals surface area contributed by atoms with Crippen molar-refractivity contribution in [1.29, 1.82) is 0 Å². The van der Waals surface area contributed by atoms with E-state index in [4.69, 9.17) is 4.74 Å². The molecule has 0 aliphatic carbocycles. The van der Waals surface area contributed by atoms with Gasteiger partial charge in [-0.3, -0.25) is 9.59 Å². The summed E-state index contributed by atoms with van der Waals surface area (Å²) in [6, 6.07) is 11.7. The summed E-state index contributed by atoms with van der Waals surface area (Å²) in [5.41, 5.74) is 1.69. The lowest BCUT2D eigenvalue weighted by molar-refractivity contribution is -0.143. The molecule has 0 spiro atoms. The maximum absolute atomic E-state index is 13.6. The number of esters is 1. The van der Waals surface area contributed by atoms with Gasteiger partial charge in [-0.15, -0.1) is 0 Å². The van der Waals surface area contributed by atoms with Gasteiger partial charge >= 0.3 is 5.97 Å². The molecule has 1 aliphatic rings. The van der Waals surface area contributed by atoms with Gasteiger partial charge in [0.05, 0.1) is 18.7 Å². The van der Waals surface area contributed by atoms with Crippen LogP contribution in [0.4, 0.5) is 8.78 Å². The van der Waals surface area contributed by atoms with E-state index in [1.54, 1.807) is 0 Å². The van der Waals surface area contributed by atoms with Crippen molar-refractivity contribution in [3.63, 3.8) is 0 Å². The summed E-state index contributed by atoms with van der Waals surface area (Å²) in [5, 5.41) is 4.28. The van der Waals surface area contributed by atoms with E-state index in [2.05, 4.69) is 21.9 Å². The third-order valence-corrected chi connectivity index (χ3v) is 6.18. The van der Waals surface area contributed by atoms with Gasteiger partial charge in [0.15, 0.2) is 0 Å². The summed E-state index contributed by atoms with van der Waals surface area (Å²) in [5.74, 6) is -1.75. The van der Waals surface area contributed by atoms with Crippen LogP contribution in [0.2, 0.25) is 0 Å². The second-order valence-electron chi connectivity index (χ2n) is 9.09. The molecule has 1 aliphatic heterocycles. The fourth-order valence-electron chi connectivity index (χ4n) is 4.19. The molecule has 36 heavy (non-hydrogen) atoms. The predicted molar refractivity (Wildman–Crippen MR) is 132 cm³/mol. The molecule has 0 radical (unpaired) electrons. The highest BCUT2D eigenvalue weighted by molar-refractivity contribution is 5.72. The number of halogens is 2. The number of benzene rings is 2. The Labute approximate surface area is 208 Å². The number of hydrogen-bond donors (Lipinski definition) is 0. The molecule has 9 heteroatoms. The number of nitrogens with zero attached hydrogens (tertiary/aromatic N) is 4. The fourth-order valence-corrected chi connectivity index (χ4v) is 4.19. The first-order chi connectivity index (χ1) is 17.4. The Bertz CT molecular complexity index is 1240. The summed E-state index contributed by atoms with van der Waals surface area (Å²) in [4.78, 5) is 29.4. The van der Waals surface area contributed by atoms with Crippen molar-refractivity contribution in [3.05, 3.63) is 93.4 Å². The molecule has 1 fully saturated rings. The first-order valence-electron chi connectivity index (χ1n) is 12.1. The van der Waals surface area contributed by atoms with E-state index in [9.17, 15) is 18.4 Å². The Kier molecular flexibility index (Phi) is 8.56. The molecule has 0 amide bonds. The van der Waals surface area contributed by atoms with Gasteiger partial charge < -0.3 is 14.5 Å². The number of hydrogen-bond acceptors (Lipinski definition) is 6. The smallest absolute Gasteiger partial charge is 0.310 e. The van der Waals surface area contributed by atoms with Gasteiger partial charge in [-0.05, 0) is 36.7 Å². The lowest BCUT2D eigenvalue weighted by Crippen LogP contribution is -2.44. The van der Waals surface area contributed by atoms with Crippen molar-refractivity contribution < 1.29 is 18.3 Å². The van der Waals surface area contributed by atoms with Crippen molar-refractivity contribution in [3.8, 4) is 5.69 Å². The summed E-state index contributed by atoms with van der Waals surface area (Å²) in [6.45, 7) is 5.51. The third kappa shape index (κ3) is 7.29. The molecule has 1 saturated heterocycles. The lowest BCUT2D eigenvalue weighted by atomic mass is 10.0. The van der Waals surface area contributed by atoms with Crippen LogP contribution in [0.1, 0.15) is 23.2 Å². The predicted octanol–water partition coefficient (Wildman–Crippen LogP) is 2.82. The highest BCUT2D eigenvalue weighted by atomic mass is 19.1. The molecule has 0 bridgehead atoms. The number of carbonyl (C=O) groups excluding carboxylic acids is 1. The van der Waals surface area contributed by atoms with E-state index in [0.717, 1.165) is 68.5 Å². The summed E-state index contributed by atoms with van der Waals surface area (Å²) < 4.78 is 33.9. The zero-order valence-corrected chi connectivity index (χ0v) is 20.3. The van der Waals surface area contributed by atoms with Gasteiger partial charge in [0, 0.05) is 57.5 Å². The minimum absolute atomic E-state index is 0.136. The van der Waals surface area contributed by atoms with Gasteiger partial charge in [-0.25, -0.2) is 13.5 Å². The minimum Gasteiger partial charge on any atom is -0.465 e. The topological polar surface area (TPSA) is 67.7 Å². The second-order valence-corrected chi connectivity index (χ2v) is 9.09. The minimum atomic E-state index is -0.731. The van der Waals surface area contributed by atoms with E-state index < -0.39 is 11.6 Å². The highest BCUT2D eigenvalue weighted by Gasteiger charge is 2.14. The van der Waals surface area contributed by atoms with Gasteiger partial charge in [0.25, 0.3) is 0 Å². The number of aromatic nitrogens is 2. The molecule has 190 valence electrons. The van der Waals surface area contributed by atoms with Crippen LogP contribution in [0.15, 0.2) is 59.5 Å². The fraction of sp³-hybridized carbons (Fsp3) is 0.370. The lowest BCUT2D eigenvalue weighted by Gasteiger charge is -2.32. The molecule has 0 unspecified atom stereocenters. The van der Waals surface area contributed by atoms with Crippen molar-refractivity contribution >= 4 is 5.97 Å². The van der Waals surface area contributed by atoms with Gasteiger partial charge in [0.1, 0.15) is 17.3 Å². The SMILES string of the molecule is CN1CCN(CCCOC(=O)Cc2cccc(Cc3nn(-c4cc(F)cc(F)c4)ccc3=O)c2)CC1. The van der Waals surface area contributed by atoms with Crippen molar-refractivity contribution in [1.82, 2.24) is 19.6 Å². The number of likely N-dealkylation sites (N-methyl/N-ethyl adjacent to an activating group) is 1. The molecule has 4 rings (SSSR count). The normalized spacial score (nSPS) is 14.6. The number of rotatable bonds is 9. The molecule has 1 aromatic heterocycles. The Balaban J connectivity index is 1.32. The molecule has 3 aromatic rings. The number of carbonyl (C=O) groups is 1. The quantitative estimate of drug-likeness (QED) is 0.335. The van der Waals surface area contributed by atoms with Crippen LogP contribution in [-0.2, 0) is 22.4 Å². The zero-order valence-electron chi connectivity index (χ0n) is 20.3. The zero-order chi connectivity index (χ0) is 25.5. The van der Waals surface area contributed by atoms with Crippen molar-refractivity contribution in [2.24, 2.45) is 0 Å². The van der Waals surface area contributed by atoms with Crippen LogP contribution in [-0.4, -0.2) is 71.9 Å². The maximum Gasteiger partial charge on any atom is 0.310 e. The van der Waals surface area contributed by atoms with Crippen LogP contribution in [0.3, 0.4) is 0 Å². The van der Waals surface area contributed by atoms with Gasteiger partial charge in [0.2, 0.25) is 5.43 Å². The average Bonchev–Trinajstić information content (AvgIpc) is 2.84. The Hall–Kier alpha value is -3.43. The van der Waals surface area contributed by atoms with Crippen molar-refractivity contribution in [2.45, 2.75) is 19.3 Å². The Morgan fingerprint density at radius 3 is 2.47 bits per heavy atom. The van der Waals surface area contributed by atoms with E-state index in [-0.39, 0.29) is 35.6 Å². The summed E-state index contributed by atoms with van der Waals surface area (Å²) >= 11 is 0. The molecule has 2 heterocycles. The monoisotopic (exact) mass is 496 g/mol. The largest absolute Gasteiger partial charge is 0.465 e. The summed E-state index contributed by atoms with van der Waals surface area (Å²) in [6.07, 6.45) is 2.52. The Morgan fingerprint density at radius 2 is 1.72 bits per heavy atom. The first-order valence-corrected chi connectivity index (χ1v) is 12.1. The number of ether oxygens (including phenoxy) is 1. The van der Waals surface area contributed by atoms with E-state index >= 15 is 0 Å². The molecule has 2 aromatic carbocycles. The van der Waals surface area contributed by atoms with Crippen LogP contribution >= 0.6 is 0 Å². The standard InChI is InChI=1S/C27H30F2N4O3/c1-31-9-11-32(12-10-31)7-3-13-36-27(35)16-21-5-2-4-20(14-21)15-25-26(34)6-8-33(30-25)24-18-22(28)17-23(29)19-24/h2,4-6,8,14,17-19H,3,7,9-13,15-16H2,1H3. The maximum atomic E-state index is 13.6. The average molecular weight is 497 g/mol. The van der Waals surface area contributed by atoms with E-state index in [1.165, 1.54) is 16.9 Å². The Morgan fingerprint density at radius 1 is 1.00 bits per heavy atom. The second kappa shape index (κ2) is 12.0. The first kappa shape index (κ1) is 25.7. The van der Waals surface area contributed by atoms with Gasteiger partial charge in [-0.2, -0.15) is 5.10 Å². The number of piperazine rings is 1. The van der Waals surface area contributed by atoms with Gasteiger partial charge in [-0.1, -0.05) is 24.3 Å². The van der Waals surface area contributed by atoms with Crippen molar-refractivity contribution in [2.75, 3.05) is 46.4 Å². The van der Waals surface area contributed by atoms with E-state index in [0.29, 0.717) is 6.61 Å². The van der Waals surface area contributed by atoms with Crippen LogP contribution in [0.5, 0.6) is 0 Å². The highest BCUT2D eigenvalue weighted by Crippen LogP contribution is 2.13. The van der Waals surface area contributed by atoms with E-state index in [1.807, 2.05) is 24.3 Å². The summed E-state index contributed by atoms with van der Waals surface area (Å²) in [7, 11) is 2.12. The van der Waals surface area contributed by atoms with Crippen LogP contribution in [0.25, 0.3) is 5.69 Å². The third-order valence-electron chi connectivity index (χ3n) is 6.18. The molecule has 0 N–H and O–H groups in total. The molecular formula is C27H30F2N4O3. The molecule has 0 saturated carbocycles. The molecular weight excluding hydrogens is 466 g/mol. The van der Waals surface area contributed by atoms with Crippen LogP contribution in [0, 0.1) is 11.6 Å². The molecule has 7 nitrogen and oxygen atoms in total. The molecule has 0 atom stereocenters. The van der Waals surface area contributed by atoms with Crippen LogP contribution < -0.4 is 5.43 Å².